The third-order valence-corrected chi connectivity index (χ3v) is 2.65. The van der Waals surface area contributed by atoms with Crippen LogP contribution in [0.5, 0.6) is 0 Å². The topological polar surface area (TPSA) is 12.0 Å². The molecule has 16 heavy (non-hydrogen) atoms. The Kier molecular flexibility index (Phi) is 5.87. The monoisotopic (exact) mass is 217 g/mol. The summed E-state index contributed by atoms with van der Waals surface area (Å²) in [6.45, 7) is 8.69. The van der Waals surface area contributed by atoms with Crippen molar-refractivity contribution in [2.75, 3.05) is 13.1 Å². The van der Waals surface area contributed by atoms with Gasteiger partial charge in [-0.25, -0.2) is 0 Å². The number of nitrogens with one attached hydrogen (secondary N) is 1. The highest BCUT2D eigenvalue weighted by atomic mass is 14.8. The van der Waals surface area contributed by atoms with Crippen LogP contribution in [-0.2, 0) is 0 Å². The minimum atomic E-state index is 1.08. The molecule has 1 nitrogen and oxygen atoms in total. The summed E-state index contributed by atoms with van der Waals surface area (Å²) in [5.74, 6) is 0. The van der Waals surface area contributed by atoms with Gasteiger partial charge in [-0.1, -0.05) is 42.8 Å². The van der Waals surface area contributed by atoms with E-state index in [0.29, 0.717) is 0 Å². The van der Waals surface area contributed by atoms with E-state index in [1.54, 1.807) is 0 Å². The molecule has 0 aromatic heterocycles. The Morgan fingerprint density at radius 2 is 2.00 bits per heavy atom. The van der Waals surface area contributed by atoms with E-state index in [1.807, 2.05) is 0 Å². The Morgan fingerprint density at radius 3 is 2.75 bits per heavy atom. The summed E-state index contributed by atoms with van der Waals surface area (Å²) in [4.78, 5) is 0. The molecule has 0 aliphatic heterocycles. The zero-order valence-corrected chi connectivity index (χ0v) is 10.7. The van der Waals surface area contributed by atoms with Crippen LogP contribution in [-0.4, -0.2) is 13.1 Å². The standard InChI is InChI=1S/C15H23N/c1-4-10-16-11-6-5-7-15-12-13(2)8-9-14(15)3/h5,7-9,12,16H,4,6,10-11H2,1-3H3. The van der Waals surface area contributed by atoms with E-state index >= 15 is 0 Å². The number of hydrogen-bond acceptors (Lipinski definition) is 1. The third kappa shape index (κ3) is 4.63. The predicted octanol–water partition coefficient (Wildman–Crippen LogP) is 3.71. The van der Waals surface area contributed by atoms with Gasteiger partial charge in [-0.05, 0) is 50.9 Å². The van der Waals surface area contributed by atoms with Crippen molar-refractivity contribution < 1.29 is 0 Å². The van der Waals surface area contributed by atoms with Gasteiger partial charge in [0.1, 0.15) is 0 Å². The van der Waals surface area contributed by atoms with Gasteiger partial charge in [0, 0.05) is 0 Å². The Hall–Kier alpha value is -1.08. The molecule has 0 fully saturated rings. The number of rotatable bonds is 6. The van der Waals surface area contributed by atoms with Gasteiger partial charge in [0.25, 0.3) is 0 Å². The fraction of sp³-hybridized carbons (Fsp3) is 0.467. The van der Waals surface area contributed by atoms with E-state index in [1.165, 1.54) is 23.1 Å². The van der Waals surface area contributed by atoms with Gasteiger partial charge in [0.15, 0.2) is 0 Å². The zero-order chi connectivity index (χ0) is 11.8. The number of benzene rings is 1. The number of aryl methyl sites for hydroxylation is 2. The van der Waals surface area contributed by atoms with Crippen molar-refractivity contribution >= 4 is 6.08 Å². The summed E-state index contributed by atoms with van der Waals surface area (Å²) in [5, 5.41) is 3.40. The van der Waals surface area contributed by atoms with Crippen LogP contribution in [0.1, 0.15) is 36.5 Å². The maximum absolute atomic E-state index is 3.40. The summed E-state index contributed by atoms with van der Waals surface area (Å²) in [6, 6.07) is 6.59. The molecular formula is C15H23N. The second-order valence-corrected chi connectivity index (χ2v) is 4.30. The van der Waals surface area contributed by atoms with Crippen LogP contribution in [0.4, 0.5) is 0 Å². The van der Waals surface area contributed by atoms with E-state index in [4.69, 9.17) is 0 Å². The molecule has 0 aliphatic carbocycles. The van der Waals surface area contributed by atoms with Crippen molar-refractivity contribution in [3.05, 3.63) is 41.0 Å². The SMILES string of the molecule is CCCNCCC=Cc1cc(C)ccc1C. The summed E-state index contributed by atoms with van der Waals surface area (Å²) in [6.07, 6.45) is 6.80. The smallest absolute Gasteiger partial charge is 0.00142 e. The highest BCUT2D eigenvalue weighted by Gasteiger charge is 1.93. The quantitative estimate of drug-likeness (QED) is 0.716. The molecule has 0 heterocycles. The lowest BCUT2D eigenvalue weighted by Crippen LogP contribution is -2.14. The van der Waals surface area contributed by atoms with Gasteiger partial charge in [0.2, 0.25) is 0 Å². The summed E-state index contributed by atoms with van der Waals surface area (Å²) in [7, 11) is 0. The van der Waals surface area contributed by atoms with E-state index in [0.717, 1.165) is 19.5 Å². The van der Waals surface area contributed by atoms with Crippen molar-refractivity contribution in [3.8, 4) is 0 Å². The first-order valence-corrected chi connectivity index (χ1v) is 6.18. The molecule has 1 N–H and O–H groups in total. The maximum Gasteiger partial charge on any atom is -0.00142 e. The van der Waals surface area contributed by atoms with Crippen LogP contribution < -0.4 is 5.32 Å². The van der Waals surface area contributed by atoms with Crippen molar-refractivity contribution in [2.24, 2.45) is 0 Å². The van der Waals surface area contributed by atoms with Crippen LogP contribution in [0.15, 0.2) is 24.3 Å². The van der Waals surface area contributed by atoms with Gasteiger partial charge < -0.3 is 5.32 Å². The molecule has 88 valence electrons. The first-order valence-electron chi connectivity index (χ1n) is 6.18. The molecule has 1 heteroatoms. The zero-order valence-electron chi connectivity index (χ0n) is 10.7. The Morgan fingerprint density at radius 1 is 1.19 bits per heavy atom. The summed E-state index contributed by atoms with van der Waals surface area (Å²) >= 11 is 0. The van der Waals surface area contributed by atoms with Crippen molar-refractivity contribution in [1.82, 2.24) is 5.32 Å². The predicted molar refractivity (Wildman–Crippen MR) is 72.7 cm³/mol. The van der Waals surface area contributed by atoms with Crippen LogP contribution in [0.3, 0.4) is 0 Å². The van der Waals surface area contributed by atoms with Crippen LogP contribution in [0.2, 0.25) is 0 Å². The lowest BCUT2D eigenvalue weighted by atomic mass is 10.1. The van der Waals surface area contributed by atoms with Gasteiger partial charge >= 0.3 is 0 Å². The molecule has 0 aliphatic rings. The molecule has 0 atom stereocenters. The molecule has 0 spiro atoms. The first kappa shape index (κ1) is 13.0. The first-order chi connectivity index (χ1) is 7.74. The van der Waals surface area contributed by atoms with E-state index in [9.17, 15) is 0 Å². The Labute approximate surface area is 99.6 Å². The molecule has 0 amide bonds. The van der Waals surface area contributed by atoms with Gasteiger partial charge in [-0.2, -0.15) is 0 Å². The van der Waals surface area contributed by atoms with Gasteiger partial charge in [-0.3, -0.25) is 0 Å². The van der Waals surface area contributed by atoms with Crippen molar-refractivity contribution in [3.63, 3.8) is 0 Å². The van der Waals surface area contributed by atoms with Crippen LogP contribution >= 0.6 is 0 Å². The third-order valence-electron chi connectivity index (χ3n) is 2.65. The average molecular weight is 217 g/mol. The second-order valence-electron chi connectivity index (χ2n) is 4.30. The van der Waals surface area contributed by atoms with Crippen LogP contribution in [0, 0.1) is 13.8 Å². The second kappa shape index (κ2) is 7.24. The summed E-state index contributed by atoms with van der Waals surface area (Å²) < 4.78 is 0. The lowest BCUT2D eigenvalue weighted by Gasteiger charge is -2.02. The minimum Gasteiger partial charge on any atom is -0.316 e. The maximum atomic E-state index is 3.40. The van der Waals surface area contributed by atoms with Gasteiger partial charge in [-0.15, -0.1) is 0 Å². The highest BCUT2D eigenvalue weighted by Crippen LogP contribution is 2.12. The van der Waals surface area contributed by atoms with Gasteiger partial charge in [0.05, 0.1) is 0 Å². The minimum absolute atomic E-state index is 1.08. The molecule has 0 saturated heterocycles. The van der Waals surface area contributed by atoms with E-state index in [2.05, 4.69) is 56.4 Å². The van der Waals surface area contributed by atoms with E-state index in [-0.39, 0.29) is 0 Å². The average Bonchev–Trinajstić information content (AvgIpc) is 2.28. The number of hydrogen-bond donors (Lipinski definition) is 1. The van der Waals surface area contributed by atoms with Crippen LogP contribution in [0.25, 0.3) is 6.08 Å². The largest absolute Gasteiger partial charge is 0.316 e. The Bertz CT molecular complexity index is 339. The normalized spacial score (nSPS) is 11.2. The van der Waals surface area contributed by atoms with Crippen molar-refractivity contribution in [1.29, 1.82) is 0 Å². The lowest BCUT2D eigenvalue weighted by molar-refractivity contribution is 0.679. The van der Waals surface area contributed by atoms with E-state index < -0.39 is 0 Å². The molecule has 1 aromatic rings. The van der Waals surface area contributed by atoms with Crippen molar-refractivity contribution in [2.45, 2.75) is 33.6 Å². The molecule has 0 bridgehead atoms. The molecule has 0 unspecified atom stereocenters. The molecule has 1 rings (SSSR count). The fourth-order valence-electron chi connectivity index (χ4n) is 1.64. The molecular weight excluding hydrogens is 194 g/mol. The fourth-order valence-corrected chi connectivity index (χ4v) is 1.64. The molecule has 1 aromatic carbocycles. The highest BCUT2D eigenvalue weighted by molar-refractivity contribution is 5.54. The Balaban J connectivity index is 2.40. The molecule has 0 saturated carbocycles. The summed E-state index contributed by atoms with van der Waals surface area (Å²) in [5.41, 5.74) is 4.02. The molecule has 0 radical (unpaired) electrons.